The van der Waals surface area contributed by atoms with Crippen molar-refractivity contribution < 1.29 is 9.90 Å². The Labute approximate surface area is 164 Å². The van der Waals surface area contributed by atoms with Crippen LogP contribution in [0.2, 0.25) is 0 Å². The molecule has 1 heterocycles. The highest BCUT2D eigenvalue weighted by Crippen LogP contribution is 2.38. The van der Waals surface area contributed by atoms with Gasteiger partial charge in [0.25, 0.3) is 0 Å². The van der Waals surface area contributed by atoms with Crippen LogP contribution in [0.3, 0.4) is 0 Å². The monoisotopic (exact) mass is 366 g/mol. The number of pyridine rings is 1. The SMILES string of the molecule is Cc1ccc(C)c(-c2nc3ccccc3c(-c3ccccc3)c2CC(=O)[O-])c1. The Morgan fingerprint density at radius 1 is 0.929 bits per heavy atom. The van der Waals surface area contributed by atoms with Crippen molar-refractivity contribution >= 4 is 16.9 Å². The highest BCUT2D eigenvalue weighted by molar-refractivity contribution is 6.00. The van der Waals surface area contributed by atoms with E-state index in [-0.39, 0.29) is 6.42 Å². The minimum absolute atomic E-state index is 0.190. The zero-order valence-corrected chi connectivity index (χ0v) is 15.9. The lowest BCUT2D eigenvalue weighted by atomic mass is 9.89. The van der Waals surface area contributed by atoms with Gasteiger partial charge >= 0.3 is 0 Å². The van der Waals surface area contributed by atoms with E-state index in [4.69, 9.17) is 4.98 Å². The fourth-order valence-electron chi connectivity index (χ4n) is 3.72. The number of rotatable bonds is 4. The molecule has 0 aliphatic heterocycles. The van der Waals surface area contributed by atoms with Gasteiger partial charge in [0, 0.05) is 23.3 Å². The average molecular weight is 366 g/mol. The number of hydrogen-bond donors (Lipinski definition) is 0. The zero-order chi connectivity index (χ0) is 19.7. The number of aliphatic carboxylic acids is 1. The summed E-state index contributed by atoms with van der Waals surface area (Å²) in [6, 6.07) is 23.9. The molecule has 1 aromatic heterocycles. The van der Waals surface area contributed by atoms with E-state index in [0.717, 1.165) is 38.7 Å². The maximum absolute atomic E-state index is 11.7. The highest BCUT2D eigenvalue weighted by atomic mass is 16.4. The topological polar surface area (TPSA) is 53.0 Å². The van der Waals surface area contributed by atoms with Crippen molar-refractivity contribution in [3.8, 4) is 22.4 Å². The fraction of sp³-hybridized carbons (Fsp3) is 0.120. The van der Waals surface area contributed by atoms with Gasteiger partial charge in [0.15, 0.2) is 0 Å². The minimum Gasteiger partial charge on any atom is -0.550 e. The predicted molar refractivity (Wildman–Crippen MR) is 111 cm³/mol. The molecule has 0 saturated heterocycles. The first-order chi connectivity index (χ1) is 13.5. The third-order valence-electron chi connectivity index (χ3n) is 5.03. The Morgan fingerprint density at radius 3 is 2.39 bits per heavy atom. The Balaban J connectivity index is 2.16. The summed E-state index contributed by atoms with van der Waals surface area (Å²) >= 11 is 0. The molecule has 0 aliphatic carbocycles. The molecule has 0 N–H and O–H groups in total. The number of para-hydroxylation sites is 1. The van der Waals surface area contributed by atoms with Crippen LogP contribution in [0.1, 0.15) is 16.7 Å². The number of carbonyl (C=O) groups is 1. The van der Waals surface area contributed by atoms with Gasteiger partial charge in [-0.25, -0.2) is 4.98 Å². The van der Waals surface area contributed by atoms with Gasteiger partial charge in [-0.3, -0.25) is 0 Å². The lowest BCUT2D eigenvalue weighted by molar-refractivity contribution is -0.304. The average Bonchev–Trinajstić information content (AvgIpc) is 2.69. The molecule has 3 aromatic carbocycles. The van der Waals surface area contributed by atoms with Crippen molar-refractivity contribution in [3.63, 3.8) is 0 Å². The first-order valence-electron chi connectivity index (χ1n) is 9.29. The molecule has 0 unspecified atom stereocenters. The van der Waals surface area contributed by atoms with Crippen LogP contribution in [0.25, 0.3) is 33.3 Å². The van der Waals surface area contributed by atoms with Crippen LogP contribution in [0, 0.1) is 13.8 Å². The maximum atomic E-state index is 11.7. The van der Waals surface area contributed by atoms with Gasteiger partial charge in [-0.1, -0.05) is 66.2 Å². The number of benzene rings is 3. The van der Waals surface area contributed by atoms with Crippen LogP contribution in [0.15, 0.2) is 72.8 Å². The van der Waals surface area contributed by atoms with Crippen LogP contribution < -0.4 is 5.11 Å². The third-order valence-corrected chi connectivity index (χ3v) is 5.03. The highest BCUT2D eigenvalue weighted by Gasteiger charge is 2.19. The normalized spacial score (nSPS) is 10.9. The third kappa shape index (κ3) is 3.27. The van der Waals surface area contributed by atoms with Crippen molar-refractivity contribution in [1.29, 1.82) is 0 Å². The van der Waals surface area contributed by atoms with E-state index in [9.17, 15) is 9.90 Å². The summed E-state index contributed by atoms with van der Waals surface area (Å²) in [6.07, 6.45) is -0.190. The molecule has 4 aromatic rings. The largest absolute Gasteiger partial charge is 0.550 e. The standard InChI is InChI=1S/C25H21NO2/c1-16-12-13-17(2)20(14-16)25-21(15-23(27)28)24(18-8-4-3-5-9-18)19-10-6-7-11-22(19)26-25/h3-14H,15H2,1-2H3,(H,27,28)/p-1. The first kappa shape index (κ1) is 17.9. The molecule has 0 saturated carbocycles. The van der Waals surface area contributed by atoms with Gasteiger partial charge in [0.2, 0.25) is 0 Å². The number of aryl methyl sites for hydroxylation is 2. The quantitative estimate of drug-likeness (QED) is 0.535. The lowest BCUT2D eigenvalue weighted by Crippen LogP contribution is -2.25. The number of carbonyl (C=O) groups excluding carboxylic acids is 1. The second-order valence-electron chi connectivity index (χ2n) is 7.06. The van der Waals surface area contributed by atoms with Crippen LogP contribution in [-0.2, 0) is 11.2 Å². The molecule has 4 rings (SSSR count). The summed E-state index contributed by atoms with van der Waals surface area (Å²) in [7, 11) is 0. The van der Waals surface area contributed by atoms with Crippen molar-refractivity contribution in [1.82, 2.24) is 4.98 Å². The minimum atomic E-state index is -1.11. The van der Waals surface area contributed by atoms with E-state index >= 15 is 0 Å². The molecule has 3 heteroatoms. The van der Waals surface area contributed by atoms with E-state index < -0.39 is 5.97 Å². The van der Waals surface area contributed by atoms with Crippen LogP contribution in [0.4, 0.5) is 0 Å². The number of hydrogen-bond acceptors (Lipinski definition) is 3. The van der Waals surface area contributed by atoms with E-state index in [0.29, 0.717) is 11.3 Å². The van der Waals surface area contributed by atoms with E-state index in [2.05, 4.69) is 12.1 Å². The summed E-state index contributed by atoms with van der Waals surface area (Å²) in [5.74, 6) is -1.11. The summed E-state index contributed by atoms with van der Waals surface area (Å²) in [6.45, 7) is 4.05. The molecule has 138 valence electrons. The summed E-state index contributed by atoms with van der Waals surface area (Å²) in [5, 5.41) is 12.6. The molecule has 0 radical (unpaired) electrons. The van der Waals surface area contributed by atoms with Gasteiger partial charge in [-0.05, 0) is 48.2 Å². The maximum Gasteiger partial charge on any atom is 0.0754 e. The molecule has 0 fully saturated rings. The first-order valence-corrected chi connectivity index (χ1v) is 9.29. The van der Waals surface area contributed by atoms with Crippen molar-refractivity contribution in [2.75, 3.05) is 0 Å². The summed E-state index contributed by atoms with van der Waals surface area (Å²) in [5.41, 5.74) is 7.26. The summed E-state index contributed by atoms with van der Waals surface area (Å²) < 4.78 is 0. The van der Waals surface area contributed by atoms with Crippen LogP contribution in [0.5, 0.6) is 0 Å². The zero-order valence-electron chi connectivity index (χ0n) is 15.9. The molecular weight excluding hydrogens is 346 g/mol. The number of aromatic nitrogens is 1. The second kappa shape index (κ2) is 7.28. The molecular formula is C25H20NO2-. The van der Waals surface area contributed by atoms with Gasteiger partial charge in [-0.2, -0.15) is 0 Å². The Morgan fingerprint density at radius 2 is 1.64 bits per heavy atom. The van der Waals surface area contributed by atoms with E-state index in [1.165, 1.54) is 0 Å². The van der Waals surface area contributed by atoms with Gasteiger partial charge in [0.1, 0.15) is 0 Å². The second-order valence-corrected chi connectivity index (χ2v) is 7.06. The lowest BCUT2D eigenvalue weighted by Gasteiger charge is -2.19. The number of fused-ring (bicyclic) bond motifs is 1. The fourth-order valence-corrected chi connectivity index (χ4v) is 3.72. The number of carboxylic acids is 1. The Bertz CT molecular complexity index is 1180. The molecule has 0 amide bonds. The molecule has 0 bridgehead atoms. The molecule has 28 heavy (non-hydrogen) atoms. The van der Waals surface area contributed by atoms with Crippen LogP contribution in [-0.4, -0.2) is 11.0 Å². The number of carboxylic acid groups (broad SMARTS) is 1. The smallest absolute Gasteiger partial charge is 0.0754 e. The molecule has 0 atom stereocenters. The number of nitrogens with zero attached hydrogens (tertiary/aromatic N) is 1. The van der Waals surface area contributed by atoms with E-state index in [1.807, 2.05) is 74.5 Å². The Kier molecular flexibility index (Phi) is 4.66. The van der Waals surface area contributed by atoms with Gasteiger partial charge in [-0.15, -0.1) is 0 Å². The van der Waals surface area contributed by atoms with Crippen molar-refractivity contribution in [2.45, 2.75) is 20.3 Å². The predicted octanol–water partition coefficient (Wildman–Crippen LogP) is 4.48. The van der Waals surface area contributed by atoms with Gasteiger partial charge < -0.3 is 9.90 Å². The van der Waals surface area contributed by atoms with Crippen molar-refractivity contribution in [3.05, 3.63) is 89.5 Å². The van der Waals surface area contributed by atoms with Crippen molar-refractivity contribution in [2.24, 2.45) is 0 Å². The van der Waals surface area contributed by atoms with Crippen LogP contribution >= 0.6 is 0 Å². The molecule has 0 spiro atoms. The molecule has 3 nitrogen and oxygen atoms in total. The Hall–Kier alpha value is -3.46. The summed E-state index contributed by atoms with van der Waals surface area (Å²) in [4.78, 5) is 16.6. The van der Waals surface area contributed by atoms with E-state index in [1.54, 1.807) is 0 Å². The van der Waals surface area contributed by atoms with Gasteiger partial charge in [0.05, 0.1) is 11.2 Å². The molecule has 0 aliphatic rings.